The molecule has 0 aliphatic carbocycles. The lowest BCUT2D eigenvalue weighted by Gasteiger charge is -2.23. The number of rotatable bonds is 15. The van der Waals surface area contributed by atoms with Gasteiger partial charge in [-0.1, -0.05) is 44.2 Å². The number of hydrogen-bond acceptors (Lipinski definition) is 5. The van der Waals surface area contributed by atoms with Gasteiger partial charge in [0, 0.05) is 13.1 Å². The Hall–Kier alpha value is -2.65. The Morgan fingerprint density at radius 1 is 0.968 bits per heavy atom. The van der Waals surface area contributed by atoms with Crippen LogP contribution in [0.2, 0.25) is 0 Å². The van der Waals surface area contributed by atoms with Gasteiger partial charge in [0.25, 0.3) is 0 Å². The van der Waals surface area contributed by atoms with Gasteiger partial charge in [-0.25, -0.2) is 0 Å². The average Bonchev–Trinajstić information content (AvgIpc) is 2.73. The third kappa shape index (κ3) is 12.0. The molecule has 0 heterocycles. The van der Waals surface area contributed by atoms with Gasteiger partial charge in [0.2, 0.25) is 11.8 Å². The van der Waals surface area contributed by atoms with Crippen molar-refractivity contribution in [2.75, 3.05) is 26.2 Å². The molecule has 0 aliphatic heterocycles. The maximum absolute atomic E-state index is 12.5. The second kappa shape index (κ2) is 15.2. The van der Waals surface area contributed by atoms with Gasteiger partial charge in [-0.05, 0) is 50.3 Å². The number of hydrogen-bond donors (Lipinski definition) is 6. The number of unbranched alkanes of at least 4 members (excludes halogenated alkanes) is 1. The van der Waals surface area contributed by atoms with Gasteiger partial charge < -0.3 is 33.2 Å². The summed E-state index contributed by atoms with van der Waals surface area (Å²) in [5.41, 5.74) is 17.6. The van der Waals surface area contributed by atoms with Crippen LogP contribution in [0.1, 0.15) is 38.7 Å². The molecule has 0 aliphatic rings. The van der Waals surface area contributed by atoms with Crippen LogP contribution in [0.4, 0.5) is 0 Å². The van der Waals surface area contributed by atoms with Crippen LogP contribution in [0.25, 0.3) is 0 Å². The molecule has 174 valence electrons. The minimum atomic E-state index is -0.700. The Balaban J connectivity index is 2.27. The number of amides is 2. The molecule has 9 nitrogen and oxygen atoms in total. The number of benzene rings is 1. The lowest BCUT2D eigenvalue weighted by Crippen LogP contribution is -2.54. The number of carbonyl (C=O) groups excluding carboxylic acids is 2. The number of nitrogens with one attached hydrogen (secondary N) is 3. The predicted octanol–water partition coefficient (Wildman–Crippen LogP) is -0.153. The van der Waals surface area contributed by atoms with E-state index in [2.05, 4.69) is 20.9 Å². The third-order valence-electron chi connectivity index (χ3n) is 4.77. The van der Waals surface area contributed by atoms with E-state index in [0.717, 1.165) is 37.9 Å². The molecule has 1 aromatic carbocycles. The Morgan fingerprint density at radius 3 is 2.26 bits per heavy atom. The zero-order chi connectivity index (χ0) is 23.1. The van der Waals surface area contributed by atoms with Crippen LogP contribution < -0.4 is 33.2 Å². The monoisotopic (exact) mass is 433 g/mol. The summed E-state index contributed by atoms with van der Waals surface area (Å²) in [5.74, 6) is -0.423. The van der Waals surface area contributed by atoms with Gasteiger partial charge in [0.05, 0.1) is 6.04 Å². The SMILES string of the molecule is CC(C)[C@H](NC(=O)[C@@H](N)Cc1ccccc1)C(=O)NCCCCNCCCN=C(N)N. The molecule has 0 saturated heterocycles. The molecule has 2 atom stereocenters. The number of nitrogens with two attached hydrogens (primary N) is 3. The van der Waals surface area contributed by atoms with Crippen molar-refractivity contribution in [3.63, 3.8) is 0 Å². The first-order valence-corrected chi connectivity index (χ1v) is 10.9. The Morgan fingerprint density at radius 2 is 1.61 bits per heavy atom. The summed E-state index contributed by atoms with van der Waals surface area (Å²) in [4.78, 5) is 28.9. The highest BCUT2D eigenvalue weighted by Crippen LogP contribution is 2.05. The Labute approximate surface area is 185 Å². The summed E-state index contributed by atoms with van der Waals surface area (Å²) in [5, 5.41) is 9.03. The maximum Gasteiger partial charge on any atom is 0.242 e. The van der Waals surface area contributed by atoms with Gasteiger partial charge in [0.1, 0.15) is 6.04 Å². The molecule has 0 unspecified atom stereocenters. The summed E-state index contributed by atoms with van der Waals surface area (Å²) in [6, 6.07) is 8.29. The molecule has 9 N–H and O–H groups in total. The van der Waals surface area contributed by atoms with Crippen LogP contribution in [0.3, 0.4) is 0 Å². The van der Waals surface area contributed by atoms with Crippen molar-refractivity contribution in [3.8, 4) is 0 Å². The van der Waals surface area contributed by atoms with Crippen molar-refractivity contribution in [2.45, 2.75) is 51.6 Å². The quantitative estimate of drug-likeness (QED) is 0.128. The summed E-state index contributed by atoms with van der Waals surface area (Å²) in [7, 11) is 0. The van der Waals surface area contributed by atoms with Crippen molar-refractivity contribution in [1.82, 2.24) is 16.0 Å². The van der Waals surface area contributed by atoms with Crippen molar-refractivity contribution in [3.05, 3.63) is 35.9 Å². The van der Waals surface area contributed by atoms with Gasteiger partial charge in [-0.15, -0.1) is 0 Å². The summed E-state index contributed by atoms with van der Waals surface area (Å²) >= 11 is 0. The number of aliphatic imine (C=N–C) groups is 1. The van der Waals surface area contributed by atoms with Crippen molar-refractivity contribution < 1.29 is 9.59 Å². The fourth-order valence-corrected chi connectivity index (χ4v) is 2.99. The lowest BCUT2D eigenvalue weighted by atomic mass is 10.0. The van der Waals surface area contributed by atoms with Crippen LogP contribution in [0.5, 0.6) is 0 Å². The van der Waals surface area contributed by atoms with E-state index in [1.807, 2.05) is 44.2 Å². The van der Waals surface area contributed by atoms with Crippen LogP contribution in [0, 0.1) is 5.92 Å². The standard InChI is InChI=1S/C22H39N7O2/c1-16(2)19(29-20(30)18(23)15-17-9-4-3-5-10-17)21(31)27-13-7-6-11-26-12-8-14-28-22(24)25/h3-5,9-10,16,18-19,26H,6-8,11-15,23H2,1-2H3,(H,27,31)(H,29,30)(H4,24,25,28)/t18-,19-/m0/s1. The third-order valence-corrected chi connectivity index (χ3v) is 4.77. The first-order valence-electron chi connectivity index (χ1n) is 10.9. The summed E-state index contributed by atoms with van der Waals surface area (Å²) in [6.45, 7) is 6.68. The molecule has 0 aromatic heterocycles. The van der Waals surface area contributed by atoms with E-state index in [4.69, 9.17) is 17.2 Å². The van der Waals surface area contributed by atoms with Crippen LogP contribution >= 0.6 is 0 Å². The second-order valence-electron chi connectivity index (χ2n) is 7.93. The van der Waals surface area contributed by atoms with E-state index in [9.17, 15) is 9.59 Å². The fourth-order valence-electron chi connectivity index (χ4n) is 2.99. The van der Waals surface area contributed by atoms with E-state index in [-0.39, 0.29) is 23.7 Å². The van der Waals surface area contributed by atoms with Gasteiger partial charge in [-0.2, -0.15) is 0 Å². The molecule has 1 rings (SSSR count). The molecule has 31 heavy (non-hydrogen) atoms. The highest BCUT2D eigenvalue weighted by atomic mass is 16.2. The van der Waals surface area contributed by atoms with E-state index >= 15 is 0 Å². The van der Waals surface area contributed by atoms with Gasteiger partial charge in [0.15, 0.2) is 5.96 Å². The molecular weight excluding hydrogens is 394 g/mol. The Bertz CT molecular complexity index is 676. The second-order valence-corrected chi connectivity index (χ2v) is 7.93. The van der Waals surface area contributed by atoms with E-state index in [0.29, 0.717) is 19.5 Å². The highest BCUT2D eigenvalue weighted by molar-refractivity contribution is 5.90. The maximum atomic E-state index is 12.5. The average molecular weight is 434 g/mol. The first kappa shape index (κ1) is 26.4. The molecule has 0 saturated carbocycles. The fraction of sp³-hybridized carbons (Fsp3) is 0.591. The lowest BCUT2D eigenvalue weighted by molar-refractivity contribution is -0.130. The van der Waals surface area contributed by atoms with E-state index in [1.165, 1.54) is 0 Å². The van der Waals surface area contributed by atoms with Crippen molar-refractivity contribution in [2.24, 2.45) is 28.1 Å². The topological polar surface area (TPSA) is 161 Å². The molecule has 0 radical (unpaired) electrons. The van der Waals surface area contributed by atoms with E-state index < -0.39 is 12.1 Å². The summed E-state index contributed by atoms with van der Waals surface area (Å²) < 4.78 is 0. The molecular formula is C22H39N7O2. The molecule has 1 aromatic rings. The largest absolute Gasteiger partial charge is 0.370 e. The Kier molecular flexibility index (Phi) is 12.9. The molecule has 0 fully saturated rings. The molecule has 0 spiro atoms. The molecule has 0 bridgehead atoms. The smallest absolute Gasteiger partial charge is 0.242 e. The molecule has 2 amide bonds. The zero-order valence-corrected chi connectivity index (χ0v) is 18.8. The number of carbonyl (C=O) groups is 2. The van der Waals surface area contributed by atoms with Crippen molar-refractivity contribution in [1.29, 1.82) is 0 Å². The van der Waals surface area contributed by atoms with E-state index in [1.54, 1.807) is 0 Å². The van der Waals surface area contributed by atoms with Crippen LogP contribution in [-0.2, 0) is 16.0 Å². The zero-order valence-electron chi connectivity index (χ0n) is 18.8. The number of nitrogens with zero attached hydrogens (tertiary/aromatic N) is 1. The number of guanidine groups is 1. The van der Waals surface area contributed by atoms with Crippen LogP contribution in [0.15, 0.2) is 35.3 Å². The van der Waals surface area contributed by atoms with Gasteiger partial charge >= 0.3 is 0 Å². The predicted molar refractivity (Wildman–Crippen MR) is 125 cm³/mol. The molecule has 9 heteroatoms. The van der Waals surface area contributed by atoms with Gasteiger partial charge in [-0.3, -0.25) is 14.6 Å². The normalized spacial score (nSPS) is 12.8. The first-order chi connectivity index (χ1) is 14.8. The van der Waals surface area contributed by atoms with Crippen LogP contribution in [-0.4, -0.2) is 56.0 Å². The van der Waals surface area contributed by atoms with Crippen molar-refractivity contribution >= 4 is 17.8 Å². The minimum absolute atomic E-state index is 0.0419. The summed E-state index contributed by atoms with van der Waals surface area (Å²) in [6.07, 6.45) is 3.08. The minimum Gasteiger partial charge on any atom is -0.370 e. The highest BCUT2D eigenvalue weighted by Gasteiger charge is 2.26.